The first kappa shape index (κ1) is 14.0. The lowest BCUT2D eigenvalue weighted by Crippen LogP contribution is -2.07. The molecule has 0 nitrogen and oxygen atoms in total. The fraction of sp³-hybridized carbons (Fsp3) is 0.529. The predicted octanol–water partition coefficient (Wildman–Crippen LogP) is 5.59. The van der Waals surface area contributed by atoms with Gasteiger partial charge in [0.15, 0.2) is 0 Å². The summed E-state index contributed by atoms with van der Waals surface area (Å²) in [4.78, 5) is 0. The first-order chi connectivity index (χ1) is 8.19. The highest BCUT2D eigenvalue weighted by Gasteiger charge is 2.15. The average Bonchev–Trinajstić information content (AvgIpc) is 2.39. The summed E-state index contributed by atoms with van der Waals surface area (Å²) < 4.78 is 0. The van der Waals surface area contributed by atoms with E-state index in [4.69, 9.17) is 0 Å². The van der Waals surface area contributed by atoms with Gasteiger partial charge in [-0.15, -0.1) is 0 Å². The van der Waals surface area contributed by atoms with Crippen molar-refractivity contribution in [3.63, 3.8) is 0 Å². The smallest absolute Gasteiger partial charge is 0.0162 e. The second-order valence-electron chi connectivity index (χ2n) is 5.01. The Balaban J connectivity index is 2.72. The first-order valence-corrected chi connectivity index (χ1v) is 6.88. The molecule has 0 atom stereocenters. The third kappa shape index (κ3) is 4.38. The molecule has 0 aromatic rings. The average molecular weight is 230 g/mol. The summed E-state index contributed by atoms with van der Waals surface area (Å²) in [5.74, 6) is 0.736. The molecule has 94 valence electrons. The maximum atomic E-state index is 4.07. The van der Waals surface area contributed by atoms with Crippen molar-refractivity contribution in [1.82, 2.24) is 0 Å². The van der Waals surface area contributed by atoms with Crippen LogP contribution in [0, 0.1) is 5.92 Å². The standard InChI is InChI=1S/C17H26/c1-5-14(3)15(4)12-13-16(6-2)17-10-8-7-9-11-17/h6,12-13,17H,2-3,5,7-11H2,1,4H3/b15-12+,16-13+. The fourth-order valence-electron chi connectivity index (χ4n) is 2.42. The molecule has 0 aromatic heterocycles. The van der Waals surface area contributed by atoms with E-state index in [0.29, 0.717) is 0 Å². The Kier molecular flexibility index (Phi) is 6.04. The Labute approximate surface area is 107 Å². The van der Waals surface area contributed by atoms with Crippen LogP contribution in [0.5, 0.6) is 0 Å². The molecule has 0 saturated heterocycles. The largest absolute Gasteiger partial charge is 0.0988 e. The topological polar surface area (TPSA) is 0 Å². The van der Waals surface area contributed by atoms with Crippen molar-refractivity contribution in [2.45, 2.75) is 52.4 Å². The number of hydrogen-bond donors (Lipinski definition) is 0. The molecule has 0 aliphatic heterocycles. The van der Waals surface area contributed by atoms with Crippen LogP contribution in [0.3, 0.4) is 0 Å². The van der Waals surface area contributed by atoms with E-state index in [1.165, 1.54) is 48.8 Å². The van der Waals surface area contributed by atoms with Gasteiger partial charge in [0.1, 0.15) is 0 Å². The number of hydrogen-bond acceptors (Lipinski definition) is 0. The molecule has 0 bridgehead atoms. The molecule has 0 heteroatoms. The molecular formula is C17H26. The number of rotatable bonds is 5. The zero-order chi connectivity index (χ0) is 12.7. The molecule has 1 fully saturated rings. The summed E-state index contributed by atoms with van der Waals surface area (Å²) in [5.41, 5.74) is 3.93. The van der Waals surface area contributed by atoms with Crippen LogP contribution in [-0.4, -0.2) is 0 Å². The van der Waals surface area contributed by atoms with Crippen LogP contribution in [-0.2, 0) is 0 Å². The highest BCUT2D eigenvalue weighted by atomic mass is 14.2. The van der Waals surface area contributed by atoms with Gasteiger partial charge >= 0.3 is 0 Å². The second-order valence-corrected chi connectivity index (χ2v) is 5.01. The molecule has 1 aliphatic carbocycles. The molecular weight excluding hydrogens is 204 g/mol. The van der Waals surface area contributed by atoms with Crippen LogP contribution in [0.4, 0.5) is 0 Å². The van der Waals surface area contributed by atoms with Crippen LogP contribution in [0.15, 0.2) is 48.1 Å². The molecule has 0 unspecified atom stereocenters. The Morgan fingerprint density at radius 3 is 2.35 bits per heavy atom. The van der Waals surface area contributed by atoms with Gasteiger partial charge in [0, 0.05) is 0 Å². The van der Waals surface area contributed by atoms with E-state index >= 15 is 0 Å². The quantitative estimate of drug-likeness (QED) is 0.540. The fourth-order valence-corrected chi connectivity index (χ4v) is 2.42. The number of allylic oxidation sites excluding steroid dienone is 6. The van der Waals surface area contributed by atoms with Crippen LogP contribution in [0.2, 0.25) is 0 Å². The monoisotopic (exact) mass is 230 g/mol. The minimum Gasteiger partial charge on any atom is -0.0988 e. The lowest BCUT2D eigenvalue weighted by Gasteiger charge is -2.22. The Bertz CT molecular complexity index is 322. The molecule has 0 spiro atoms. The van der Waals surface area contributed by atoms with E-state index < -0.39 is 0 Å². The third-order valence-electron chi connectivity index (χ3n) is 3.82. The summed E-state index contributed by atoms with van der Waals surface area (Å²) in [6.07, 6.45) is 14.3. The SMILES string of the molecule is C=C/C(=C\C=C(/C)C(=C)CC)C1CCCCC1. The van der Waals surface area contributed by atoms with Crippen molar-refractivity contribution < 1.29 is 0 Å². The minimum atomic E-state index is 0.736. The van der Waals surface area contributed by atoms with Crippen molar-refractivity contribution in [3.05, 3.63) is 48.1 Å². The lowest BCUT2D eigenvalue weighted by molar-refractivity contribution is 0.408. The van der Waals surface area contributed by atoms with E-state index in [2.05, 4.69) is 39.2 Å². The second kappa shape index (κ2) is 7.32. The lowest BCUT2D eigenvalue weighted by atomic mass is 9.83. The van der Waals surface area contributed by atoms with Crippen molar-refractivity contribution in [1.29, 1.82) is 0 Å². The minimum absolute atomic E-state index is 0.736. The molecule has 1 aliphatic rings. The van der Waals surface area contributed by atoms with E-state index in [-0.39, 0.29) is 0 Å². The molecule has 0 heterocycles. The summed E-state index contributed by atoms with van der Waals surface area (Å²) in [7, 11) is 0. The Morgan fingerprint density at radius 1 is 1.18 bits per heavy atom. The van der Waals surface area contributed by atoms with E-state index in [9.17, 15) is 0 Å². The zero-order valence-corrected chi connectivity index (χ0v) is 11.5. The Hall–Kier alpha value is -1.04. The molecule has 17 heavy (non-hydrogen) atoms. The predicted molar refractivity (Wildman–Crippen MR) is 78.0 cm³/mol. The van der Waals surface area contributed by atoms with Crippen LogP contribution in [0.1, 0.15) is 52.4 Å². The Morgan fingerprint density at radius 2 is 1.82 bits per heavy atom. The highest BCUT2D eigenvalue weighted by Crippen LogP contribution is 2.30. The van der Waals surface area contributed by atoms with Gasteiger partial charge in [-0.3, -0.25) is 0 Å². The zero-order valence-electron chi connectivity index (χ0n) is 11.5. The van der Waals surface area contributed by atoms with Gasteiger partial charge < -0.3 is 0 Å². The molecule has 0 amide bonds. The summed E-state index contributed by atoms with van der Waals surface area (Å²) >= 11 is 0. The van der Waals surface area contributed by atoms with Gasteiger partial charge in [0.05, 0.1) is 0 Å². The third-order valence-corrected chi connectivity index (χ3v) is 3.82. The highest BCUT2D eigenvalue weighted by molar-refractivity contribution is 5.33. The van der Waals surface area contributed by atoms with E-state index in [1.807, 2.05) is 6.08 Å². The van der Waals surface area contributed by atoms with Crippen LogP contribution >= 0.6 is 0 Å². The van der Waals surface area contributed by atoms with Crippen molar-refractivity contribution >= 4 is 0 Å². The van der Waals surface area contributed by atoms with Crippen LogP contribution in [0.25, 0.3) is 0 Å². The molecule has 0 radical (unpaired) electrons. The maximum Gasteiger partial charge on any atom is -0.0162 e. The van der Waals surface area contributed by atoms with Gasteiger partial charge in [0.25, 0.3) is 0 Å². The van der Waals surface area contributed by atoms with Gasteiger partial charge in [-0.1, -0.05) is 63.1 Å². The van der Waals surface area contributed by atoms with Crippen molar-refractivity contribution in [2.75, 3.05) is 0 Å². The summed E-state index contributed by atoms with van der Waals surface area (Å²) in [6, 6.07) is 0. The van der Waals surface area contributed by atoms with Gasteiger partial charge in [-0.05, 0) is 43.3 Å². The van der Waals surface area contributed by atoms with Crippen molar-refractivity contribution in [3.8, 4) is 0 Å². The van der Waals surface area contributed by atoms with E-state index in [0.717, 1.165) is 12.3 Å². The van der Waals surface area contributed by atoms with Crippen LogP contribution < -0.4 is 0 Å². The van der Waals surface area contributed by atoms with Gasteiger partial charge in [-0.25, -0.2) is 0 Å². The molecule has 0 aromatic carbocycles. The van der Waals surface area contributed by atoms with E-state index in [1.54, 1.807) is 0 Å². The van der Waals surface area contributed by atoms with Crippen molar-refractivity contribution in [2.24, 2.45) is 5.92 Å². The maximum absolute atomic E-state index is 4.07. The van der Waals surface area contributed by atoms with Gasteiger partial charge in [-0.2, -0.15) is 0 Å². The van der Waals surface area contributed by atoms with Gasteiger partial charge in [0.2, 0.25) is 0 Å². The normalized spacial score (nSPS) is 19.2. The summed E-state index contributed by atoms with van der Waals surface area (Å²) in [6.45, 7) is 12.3. The first-order valence-electron chi connectivity index (χ1n) is 6.88. The summed E-state index contributed by atoms with van der Waals surface area (Å²) in [5, 5.41) is 0. The molecule has 0 N–H and O–H groups in total. The molecule has 1 rings (SSSR count). The molecule has 1 saturated carbocycles.